The number of hydrogen-bond donors (Lipinski definition) is 2. The Kier molecular flexibility index (Phi) is 5.82. The fourth-order valence-corrected chi connectivity index (χ4v) is 2.99. The van der Waals surface area contributed by atoms with E-state index in [0.29, 0.717) is 21.3 Å². The zero-order chi connectivity index (χ0) is 17.7. The summed E-state index contributed by atoms with van der Waals surface area (Å²) in [5, 5.41) is 7.06. The van der Waals surface area contributed by atoms with E-state index in [1.165, 1.54) is 43.5 Å². The van der Waals surface area contributed by atoms with Crippen molar-refractivity contribution < 1.29 is 13.2 Å². The second-order valence-electron chi connectivity index (χ2n) is 4.72. The van der Waals surface area contributed by atoms with Crippen molar-refractivity contribution in [2.24, 2.45) is 5.10 Å². The van der Waals surface area contributed by atoms with Crippen LogP contribution in [0.4, 0.5) is 5.69 Å². The van der Waals surface area contributed by atoms with Gasteiger partial charge in [0.1, 0.15) is 0 Å². The van der Waals surface area contributed by atoms with Gasteiger partial charge in [0.15, 0.2) is 0 Å². The molecule has 0 aliphatic rings. The summed E-state index contributed by atoms with van der Waals surface area (Å²) in [6.45, 7) is 1.36. The maximum atomic E-state index is 12.1. The molecule has 24 heavy (non-hydrogen) atoms. The van der Waals surface area contributed by atoms with Crippen LogP contribution in [0, 0.1) is 0 Å². The highest BCUT2D eigenvalue weighted by atomic mass is 35.5. The number of rotatable bonds is 5. The van der Waals surface area contributed by atoms with Crippen LogP contribution in [-0.2, 0) is 14.8 Å². The minimum atomic E-state index is -3.83. The molecule has 2 aromatic rings. The molecule has 1 amide bonds. The van der Waals surface area contributed by atoms with Gasteiger partial charge in [0.25, 0.3) is 10.0 Å². The number of nitrogens with one attached hydrogen (secondary N) is 2. The smallest absolute Gasteiger partial charge is 0.276 e. The number of hydrazone groups is 1. The summed E-state index contributed by atoms with van der Waals surface area (Å²) in [5.41, 5.74) is 1.02. The highest BCUT2D eigenvalue weighted by molar-refractivity contribution is 7.89. The van der Waals surface area contributed by atoms with E-state index in [-0.39, 0.29) is 10.8 Å². The molecule has 9 heteroatoms. The van der Waals surface area contributed by atoms with E-state index >= 15 is 0 Å². The zero-order valence-corrected chi connectivity index (χ0v) is 14.8. The Bertz CT molecular complexity index is 881. The van der Waals surface area contributed by atoms with Crippen molar-refractivity contribution in [1.29, 1.82) is 0 Å². The number of hydrogen-bond acceptors (Lipinski definition) is 4. The lowest BCUT2D eigenvalue weighted by molar-refractivity contribution is -0.114. The first-order valence-corrected chi connectivity index (χ1v) is 8.89. The summed E-state index contributed by atoms with van der Waals surface area (Å²) in [5.74, 6) is -0.242. The van der Waals surface area contributed by atoms with E-state index in [2.05, 4.69) is 15.2 Å². The molecular weight excluding hydrogens is 373 g/mol. The quantitative estimate of drug-likeness (QED) is 0.611. The summed E-state index contributed by atoms with van der Waals surface area (Å²) in [4.78, 5) is 13.0. The highest BCUT2D eigenvalue weighted by Gasteiger charge is 2.12. The molecule has 0 bridgehead atoms. The summed E-state index contributed by atoms with van der Waals surface area (Å²) < 4.78 is 24.3. The van der Waals surface area contributed by atoms with Crippen LogP contribution in [0.3, 0.4) is 0 Å². The molecule has 0 radical (unpaired) electrons. The largest absolute Gasteiger partial charge is 0.326 e. The number of carbonyl (C=O) groups excluding carboxylic acids is 1. The van der Waals surface area contributed by atoms with Gasteiger partial charge in [0, 0.05) is 23.2 Å². The number of anilines is 1. The van der Waals surface area contributed by atoms with Crippen molar-refractivity contribution in [3.8, 4) is 0 Å². The molecule has 0 heterocycles. The molecule has 0 unspecified atom stereocenters. The van der Waals surface area contributed by atoms with Crippen LogP contribution in [0.25, 0.3) is 0 Å². The molecule has 126 valence electrons. The molecule has 0 atom stereocenters. The molecule has 0 aliphatic carbocycles. The number of nitrogens with zero attached hydrogens (tertiary/aromatic N) is 1. The fourth-order valence-electron chi connectivity index (χ4n) is 1.74. The van der Waals surface area contributed by atoms with Crippen molar-refractivity contribution in [1.82, 2.24) is 4.83 Å². The molecule has 2 N–H and O–H groups in total. The Morgan fingerprint density at radius 1 is 1.12 bits per heavy atom. The number of halogens is 2. The second-order valence-corrected chi connectivity index (χ2v) is 7.23. The number of amides is 1. The highest BCUT2D eigenvalue weighted by Crippen LogP contribution is 2.19. The molecular formula is C15H13Cl2N3O3S. The summed E-state index contributed by atoms with van der Waals surface area (Å²) in [6.07, 6.45) is 1.28. The van der Waals surface area contributed by atoms with Gasteiger partial charge in [-0.2, -0.15) is 13.5 Å². The predicted molar refractivity (Wildman–Crippen MR) is 95.1 cm³/mol. The maximum absolute atomic E-state index is 12.1. The van der Waals surface area contributed by atoms with Crippen molar-refractivity contribution in [2.45, 2.75) is 11.8 Å². The summed E-state index contributed by atoms with van der Waals surface area (Å²) in [7, 11) is -3.83. The lowest BCUT2D eigenvalue weighted by Crippen LogP contribution is -2.18. The lowest BCUT2D eigenvalue weighted by atomic mass is 10.2. The Morgan fingerprint density at radius 2 is 1.79 bits per heavy atom. The van der Waals surface area contributed by atoms with Gasteiger partial charge in [0.05, 0.1) is 16.1 Å². The Morgan fingerprint density at radius 3 is 2.38 bits per heavy atom. The first-order valence-electron chi connectivity index (χ1n) is 6.65. The molecule has 2 rings (SSSR count). The third-order valence-corrected chi connectivity index (χ3v) is 4.62. The molecule has 0 aliphatic heterocycles. The standard InChI is InChI=1S/C15H13Cl2N3O3S/c1-10(21)19-13-4-6-14(7-5-13)24(22,23)20-18-9-11-2-3-12(16)8-15(11)17/h2-9,20H,1H3,(H,19,21)/b18-9-. The van der Waals surface area contributed by atoms with Gasteiger partial charge >= 0.3 is 0 Å². The molecule has 0 saturated carbocycles. The van der Waals surface area contributed by atoms with Gasteiger partial charge in [-0.3, -0.25) is 4.79 Å². The second kappa shape index (κ2) is 7.65. The van der Waals surface area contributed by atoms with Gasteiger partial charge in [0.2, 0.25) is 5.91 Å². The third-order valence-electron chi connectivity index (χ3n) is 2.82. The fraction of sp³-hybridized carbons (Fsp3) is 0.0667. The van der Waals surface area contributed by atoms with Crippen molar-refractivity contribution in [3.05, 3.63) is 58.1 Å². The van der Waals surface area contributed by atoms with Crippen LogP contribution >= 0.6 is 23.2 Å². The van der Waals surface area contributed by atoms with Crippen molar-refractivity contribution in [3.63, 3.8) is 0 Å². The number of sulfonamides is 1. The number of carbonyl (C=O) groups is 1. The van der Waals surface area contributed by atoms with E-state index in [1.54, 1.807) is 12.1 Å². The van der Waals surface area contributed by atoms with Gasteiger partial charge in [-0.1, -0.05) is 29.3 Å². The minimum Gasteiger partial charge on any atom is -0.326 e. The Hall–Kier alpha value is -2.09. The van der Waals surface area contributed by atoms with E-state index < -0.39 is 10.0 Å². The van der Waals surface area contributed by atoms with Gasteiger partial charge in [-0.15, -0.1) is 0 Å². The molecule has 0 fully saturated rings. The van der Waals surface area contributed by atoms with Crippen LogP contribution in [0.5, 0.6) is 0 Å². The van der Waals surface area contributed by atoms with Crippen LogP contribution in [0.1, 0.15) is 12.5 Å². The van der Waals surface area contributed by atoms with Crippen LogP contribution in [0.2, 0.25) is 10.0 Å². The average molecular weight is 386 g/mol. The zero-order valence-electron chi connectivity index (χ0n) is 12.5. The maximum Gasteiger partial charge on any atom is 0.276 e. The lowest BCUT2D eigenvalue weighted by Gasteiger charge is -2.05. The van der Waals surface area contributed by atoms with Crippen LogP contribution < -0.4 is 10.1 Å². The first-order chi connectivity index (χ1) is 11.3. The van der Waals surface area contributed by atoms with E-state index in [0.717, 1.165) is 0 Å². The average Bonchev–Trinajstić information content (AvgIpc) is 2.49. The third kappa shape index (κ3) is 4.95. The monoisotopic (exact) mass is 385 g/mol. The van der Waals surface area contributed by atoms with Crippen LogP contribution in [-0.4, -0.2) is 20.5 Å². The summed E-state index contributed by atoms with van der Waals surface area (Å²) in [6, 6.07) is 10.4. The molecule has 0 aromatic heterocycles. The van der Waals surface area contributed by atoms with E-state index in [1.807, 2.05) is 0 Å². The molecule has 2 aromatic carbocycles. The minimum absolute atomic E-state index is 0.0101. The Labute approximate surface area is 149 Å². The van der Waals surface area contributed by atoms with Gasteiger partial charge in [-0.05, 0) is 36.4 Å². The van der Waals surface area contributed by atoms with E-state index in [9.17, 15) is 13.2 Å². The first kappa shape index (κ1) is 18.3. The SMILES string of the molecule is CC(=O)Nc1ccc(S(=O)(=O)N/N=C\c2ccc(Cl)cc2Cl)cc1. The van der Waals surface area contributed by atoms with Crippen molar-refractivity contribution >= 4 is 51.0 Å². The van der Waals surface area contributed by atoms with Crippen molar-refractivity contribution in [2.75, 3.05) is 5.32 Å². The predicted octanol–water partition coefficient (Wildman–Crippen LogP) is 3.26. The normalized spacial score (nSPS) is 11.5. The van der Waals surface area contributed by atoms with E-state index in [4.69, 9.17) is 23.2 Å². The topological polar surface area (TPSA) is 87.6 Å². The number of benzene rings is 2. The molecule has 0 spiro atoms. The summed E-state index contributed by atoms with van der Waals surface area (Å²) >= 11 is 11.7. The van der Waals surface area contributed by atoms with Crippen LogP contribution in [0.15, 0.2) is 52.5 Å². The Balaban J connectivity index is 2.10. The van der Waals surface area contributed by atoms with Gasteiger partial charge in [-0.25, -0.2) is 4.83 Å². The molecule has 0 saturated heterocycles. The van der Waals surface area contributed by atoms with Gasteiger partial charge < -0.3 is 5.32 Å². The molecule has 6 nitrogen and oxygen atoms in total.